The summed E-state index contributed by atoms with van der Waals surface area (Å²) in [6.07, 6.45) is 1.36. The van der Waals surface area contributed by atoms with Gasteiger partial charge < -0.3 is 0 Å². The molecule has 0 spiro atoms. The second kappa shape index (κ2) is 3.11. The average molecular weight is 179 g/mol. The van der Waals surface area contributed by atoms with E-state index in [9.17, 15) is 0 Å². The van der Waals surface area contributed by atoms with Gasteiger partial charge in [0.2, 0.25) is 0 Å². The van der Waals surface area contributed by atoms with Gasteiger partial charge in [-0.1, -0.05) is 19.1 Å². The van der Waals surface area contributed by atoms with Crippen molar-refractivity contribution in [3.63, 3.8) is 0 Å². The zero-order valence-corrected chi connectivity index (χ0v) is 7.97. The van der Waals surface area contributed by atoms with Crippen LogP contribution in [0.2, 0.25) is 0 Å². The molecule has 0 radical (unpaired) electrons. The largest absolute Gasteiger partial charge is 0.274 e. The van der Waals surface area contributed by atoms with Crippen molar-refractivity contribution in [3.05, 3.63) is 29.8 Å². The van der Waals surface area contributed by atoms with Crippen molar-refractivity contribution in [2.24, 2.45) is 11.1 Å². The van der Waals surface area contributed by atoms with Gasteiger partial charge in [-0.25, -0.2) is 0 Å². The van der Waals surface area contributed by atoms with Gasteiger partial charge in [-0.15, -0.1) is 0 Å². The van der Waals surface area contributed by atoms with E-state index >= 15 is 0 Å². The minimum atomic E-state index is 0.821. The van der Waals surface area contributed by atoms with Crippen LogP contribution < -0.4 is 5.14 Å². The molecule has 0 heterocycles. The Labute approximate surface area is 77.5 Å². The first-order valence-corrected chi connectivity index (χ1v) is 5.16. The fourth-order valence-corrected chi connectivity index (χ4v) is 1.87. The maximum atomic E-state index is 5.44. The van der Waals surface area contributed by atoms with Crippen LogP contribution >= 0.6 is 11.9 Å². The molecule has 0 bridgehead atoms. The Morgan fingerprint density at radius 2 is 1.92 bits per heavy atom. The summed E-state index contributed by atoms with van der Waals surface area (Å²) in [7, 11) is 0. The normalized spacial score (nSPS) is 27.2. The minimum absolute atomic E-state index is 0.821. The second-order valence-corrected chi connectivity index (χ2v) is 4.21. The molecule has 0 saturated heterocycles. The van der Waals surface area contributed by atoms with Crippen LogP contribution in [0.25, 0.3) is 0 Å². The Bertz CT molecular complexity index is 268. The fourth-order valence-electron chi connectivity index (χ4n) is 1.58. The van der Waals surface area contributed by atoms with Crippen LogP contribution in [-0.4, -0.2) is 0 Å². The molecule has 2 heteroatoms. The lowest BCUT2D eigenvalue weighted by atomic mass is 10.1. The van der Waals surface area contributed by atoms with Crippen molar-refractivity contribution >= 4 is 11.9 Å². The van der Waals surface area contributed by atoms with Crippen LogP contribution in [0.1, 0.15) is 24.8 Å². The Morgan fingerprint density at radius 3 is 2.33 bits per heavy atom. The maximum absolute atomic E-state index is 5.44. The van der Waals surface area contributed by atoms with Gasteiger partial charge in [0, 0.05) is 4.90 Å². The minimum Gasteiger partial charge on any atom is -0.274 e. The van der Waals surface area contributed by atoms with Gasteiger partial charge in [-0.05, 0) is 47.9 Å². The zero-order valence-electron chi connectivity index (χ0n) is 7.16. The van der Waals surface area contributed by atoms with Gasteiger partial charge in [0.15, 0.2) is 0 Å². The van der Waals surface area contributed by atoms with Gasteiger partial charge in [-0.3, -0.25) is 5.14 Å². The Hall–Kier alpha value is -0.470. The summed E-state index contributed by atoms with van der Waals surface area (Å²) >= 11 is 1.31. The van der Waals surface area contributed by atoms with Crippen molar-refractivity contribution in [3.8, 4) is 0 Å². The molecule has 0 aromatic heterocycles. The van der Waals surface area contributed by atoms with Crippen LogP contribution in [0.3, 0.4) is 0 Å². The second-order valence-electron chi connectivity index (χ2n) is 3.51. The Kier molecular flexibility index (Phi) is 2.11. The molecule has 64 valence electrons. The van der Waals surface area contributed by atoms with Crippen LogP contribution in [0, 0.1) is 5.92 Å². The highest BCUT2D eigenvalue weighted by Gasteiger charge is 2.33. The first-order chi connectivity index (χ1) is 5.81. The highest BCUT2D eigenvalue weighted by Crippen LogP contribution is 2.46. The van der Waals surface area contributed by atoms with E-state index in [1.54, 1.807) is 0 Å². The van der Waals surface area contributed by atoms with Crippen LogP contribution in [0.5, 0.6) is 0 Å². The van der Waals surface area contributed by atoms with E-state index in [2.05, 4.69) is 31.2 Å². The molecule has 1 fully saturated rings. The van der Waals surface area contributed by atoms with Crippen molar-refractivity contribution < 1.29 is 0 Å². The molecule has 2 atom stereocenters. The number of benzene rings is 1. The summed E-state index contributed by atoms with van der Waals surface area (Å²) in [5, 5.41) is 5.44. The quantitative estimate of drug-likeness (QED) is 0.706. The molecule has 1 aromatic carbocycles. The third-order valence-corrected chi connectivity index (χ3v) is 3.10. The highest BCUT2D eigenvalue weighted by molar-refractivity contribution is 7.97. The Morgan fingerprint density at radius 1 is 1.33 bits per heavy atom. The smallest absolute Gasteiger partial charge is 0.0226 e. The lowest BCUT2D eigenvalue weighted by molar-refractivity contribution is 0.913. The van der Waals surface area contributed by atoms with Crippen LogP contribution in [0.4, 0.5) is 0 Å². The number of hydrogen-bond donors (Lipinski definition) is 1. The van der Waals surface area contributed by atoms with Gasteiger partial charge in [0.25, 0.3) is 0 Å². The van der Waals surface area contributed by atoms with Crippen molar-refractivity contribution in [1.82, 2.24) is 0 Å². The van der Waals surface area contributed by atoms with E-state index in [4.69, 9.17) is 5.14 Å². The Balaban J connectivity index is 2.14. The SMILES string of the molecule is CC1CC1c1ccc(SN)cc1. The summed E-state index contributed by atoms with van der Waals surface area (Å²) < 4.78 is 0. The van der Waals surface area contributed by atoms with Crippen molar-refractivity contribution in [2.75, 3.05) is 0 Å². The van der Waals surface area contributed by atoms with Crippen LogP contribution in [-0.2, 0) is 0 Å². The summed E-state index contributed by atoms with van der Waals surface area (Å²) in [5.41, 5.74) is 1.47. The summed E-state index contributed by atoms with van der Waals surface area (Å²) in [6.45, 7) is 2.30. The average Bonchev–Trinajstić information content (AvgIpc) is 2.83. The molecule has 1 nitrogen and oxygen atoms in total. The first-order valence-electron chi connectivity index (χ1n) is 4.28. The molecular weight excluding hydrogens is 166 g/mol. The monoisotopic (exact) mass is 179 g/mol. The lowest BCUT2D eigenvalue weighted by Gasteiger charge is -1.99. The third kappa shape index (κ3) is 1.50. The maximum Gasteiger partial charge on any atom is 0.0226 e. The molecule has 2 N–H and O–H groups in total. The molecular formula is C10H13NS. The molecule has 1 saturated carbocycles. The van der Waals surface area contributed by atoms with Crippen molar-refractivity contribution in [1.29, 1.82) is 0 Å². The molecule has 1 aliphatic carbocycles. The van der Waals surface area contributed by atoms with Gasteiger partial charge >= 0.3 is 0 Å². The molecule has 2 unspecified atom stereocenters. The highest BCUT2D eigenvalue weighted by atomic mass is 32.2. The summed E-state index contributed by atoms with van der Waals surface area (Å²) in [5.74, 6) is 1.71. The van der Waals surface area contributed by atoms with E-state index in [1.807, 2.05) is 0 Å². The van der Waals surface area contributed by atoms with Crippen molar-refractivity contribution in [2.45, 2.75) is 24.2 Å². The van der Waals surface area contributed by atoms with E-state index < -0.39 is 0 Å². The predicted octanol–water partition coefficient (Wildman–Crippen LogP) is 2.78. The molecule has 12 heavy (non-hydrogen) atoms. The fraction of sp³-hybridized carbons (Fsp3) is 0.400. The summed E-state index contributed by atoms with van der Waals surface area (Å²) in [6, 6.07) is 8.60. The number of rotatable bonds is 2. The lowest BCUT2D eigenvalue weighted by Crippen LogP contribution is -1.83. The van der Waals surface area contributed by atoms with Gasteiger partial charge in [0.1, 0.15) is 0 Å². The number of nitrogens with two attached hydrogens (primary N) is 1. The molecule has 1 aromatic rings. The third-order valence-electron chi connectivity index (χ3n) is 2.55. The molecule has 1 aliphatic rings. The topological polar surface area (TPSA) is 26.0 Å². The van der Waals surface area contributed by atoms with Crippen LogP contribution in [0.15, 0.2) is 29.2 Å². The molecule has 0 amide bonds. The molecule has 2 rings (SSSR count). The van der Waals surface area contributed by atoms with E-state index in [-0.39, 0.29) is 0 Å². The summed E-state index contributed by atoms with van der Waals surface area (Å²) in [4.78, 5) is 1.15. The first kappa shape index (κ1) is 8.14. The van der Waals surface area contributed by atoms with E-state index in [0.717, 1.165) is 16.7 Å². The predicted molar refractivity (Wildman–Crippen MR) is 53.0 cm³/mol. The van der Waals surface area contributed by atoms with Gasteiger partial charge in [-0.2, -0.15) is 0 Å². The standard InChI is InChI=1S/C10H13NS/c1-7-6-10(7)8-2-4-9(12-11)5-3-8/h2-5,7,10H,6,11H2,1H3. The van der Waals surface area contributed by atoms with E-state index in [1.165, 1.54) is 23.9 Å². The van der Waals surface area contributed by atoms with E-state index in [0.29, 0.717) is 0 Å². The number of hydrogen-bond acceptors (Lipinski definition) is 2. The zero-order chi connectivity index (χ0) is 8.55. The molecule has 0 aliphatic heterocycles. The van der Waals surface area contributed by atoms with Gasteiger partial charge in [0.05, 0.1) is 0 Å².